The fourth-order valence-corrected chi connectivity index (χ4v) is 2.59. The highest BCUT2D eigenvalue weighted by Gasteiger charge is 2.35. The van der Waals surface area contributed by atoms with Crippen LogP contribution in [0.25, 0.3) is 5.69 Å². The Bertz CT molecular complexity index is 844. The van der Waals surface area contributed by atoms with Crippen molar-refractivity contribution in [3.8, 4) is 5.69 Å². The molecule has 1 aromatic carbocycles. The highest BCUT2D eigenvalue weighted by Crippen LogP contribution is 2.34. The number of benzene rings is 1. The normalized spacial score (nSPS) is 12.1. The molecule has 0 aliphatic carbocycles. The van der Waals surface area contributed by atoms with Gasteiger partial charge in [-0.2, -0.15) is 18.3 Å². The fraction of sp³-hybridized carbons (Fsp3) is 0.526. The average molecular weight is 414 g/mol. The largest absolute Gasteiger partial charge is 0.444 e. The van der Waals surface area contributed by atoms with Gasteiger partial charge < -0.3 is 14.7 Å². The second-order valence-corrected chi connectivity index (χ2v) is 7.34. The number of carbonyl (C=O) groups is 1. The van der Waals surface area contributed by atoms with Gasteiger partial charge in [0.05, 0.1) is 24.4 Å². The molecular formula is C19H25F3N4O3. The first kappa shape index (κ1) is 22.7. The van der Waals surface area contributed by atoms with E-state index in [-0.39, 0.29) is 43.5 Å². The molecule has 7 nitrogen and oxygen atoms in total. The molecule has 0 atom stereocenters. The summed E-state index contributed by atoms with van der Waals surface area (Å²) in [6.45, 7) is 6.80. The third-order valence-corrected chi connectivity index (χ3v) is 3.86. The topological polar surface area (TPSA) is 80.5 Å². The number of aliphatic hydroxyl groups is 1. The maximum atomic E-state index is 13.5. The second-order valence-electron chi connectivity index (χ2n) is 7.34. The van der Waals surface area contributed by atoms with Gasteiger partial charge in [-0.05, 0) is 39.8 Å². The predicted octanol–water partition coefficient (Wildman–Crippen LogP) is 3.58. The number of aromatic nitrogens is 3. The van der Waals surface area contributed by atoms with Crippen molar-refractivity contribution in [2.75, 3.05) is 13.2 Å². The van der Waals surface area contributed by atoms with Gasteiger partial charge >= 0.3 is 12.3 Å². The maximum Gasteiger partial charge on any atom is 0.418 e. The van der Waals surface area contributed by atoms with Crippen molar-refractivity contribution >= 4 is 6.09 Å². The lowest BCUT2D eigenvalue weighted by molar-refractivity contribution is -0.137. The van der Waals surface area contributed by atoms with Gasteiger partial charge in [-0.1, -0.05) is 12.1 Å². The molecule has 1 heterocycles. The van der Waals surface area contributed by atoms with Gasteiger partial charge in [0.1, 0.15) is 5.60 Å². The number of rotatable bonds is 6. The Balaban J connectivity index is 2.47. The molecule has 160 valence electrons. The summed E-state index contributed by atoms with van der Waals surface area (Å²) < 4.78 is 46.9. The summed E-state index contributed by atoms with van der Waals surface area (Å²) in [4.78, 5) is 18.0. The Labute approximate surface area is 167 Å². The van der Waals surface area contributed by atoms with E-state index in [0.29, 0.717) is 0 Å². The Morgan fingerprint density at radius 3 is 2.45 bits per heavy atom. The minimum absolute atomic E-state index is 0.0761. The number of alkyl halides is 3. The number of halogens is 3. The molecule has 29 heavy (non-hydrogen) atoms. The number of nitrogens with zero attached hydrogens (tertiary/aromatic N) is 4. The molecular weight excluding hydrogens is 389 g/mol. The van der Waals surface area contributed by atoms with E-state index in [1.54, 1.807) is 27.7 Å². The summed E-state index contributed by atoms with van der Waals surface area (Å²) in [5.41, 5.74) is -1.79. The van der Waals surface area contributed by atoms with Crippen LogP contribution in [0.3, 0.4) is 0 Å². The Kier molecular flexibility index (Phi) is 6.89. The molecule has 0 unspecified atom stereocenters. The van der Waals surface area contributed by atoms with Crippen molar-refractivity contribution in [3.63, 3.8) is 0 Å². The van der Waals surface area contributed by atoms with Gasteiger partial charge in [0, 0.05) is 13.0 Å². The molecule has 0 radical (unpaired) electrons. The zero-order valence-electron chi connectivity index (χ0n) is 16.8. The van der Waals surface area contributed by atoms with Crippen LogP contribution >= 0.6 is 0 Å². The van der Waals surface area contributed by atoms with E-state index in [1.807, 2.05) is 0 Å². The molecule has 0 saturated carbocycles. The SMILES string of the molecule is CCN(Cc1nc(CCO)nn1-c1ccccc1C(F)(F)F)C(=O)OC(C)(C)C. The van der Waals surface area contributed by atoms with Crippen LogP contribution in [0.4, 0.5) is 18.0 Å². The van der Waals surface area contributed by atoms with Crippen molar-refractivity contribution < 1.29 is 27.8 Å². The van der Waals surface area contributed by atoms with Gasteiger partial charge in [0.15, 0.2) is 11.6 Å². The molecule has 1 aromatic heterocycles. The molecule has 2 rings (SSSR count). The van der Waals surface area contributed by atoms with Gasteiger partial charge in [0.25, 0.3) is 0 Å². The second kappa shape index (κ2) is 8.81. The summed E-state index contributed by atoms with van der Waals surface area (Å²) in [6, 6.07) is 5.00. The van der Waals surface area contributed by atoms with E-state index in [4.69, 9.17) is 9.84 Å². The van der Waals surface area contributed by atoms with E-state index in [9.17, 15) is 18.0 Å². The van der Waals surface area contributed by atoms with E-state index < -0.39 is 23.4 Å². The molecule has 0 fully saturated rings. The molecule has 0 aliphatic rings. The zero-order chi connectivity index (χ0) is 21.8. The van der Waals surface area contributed by atoms with Gasteiger partial charge in [-0.25, -0.2) is 14.5 Å². The summed E-state index contributed by atoms with van der Waals surface area (Å²) >= 11 is 0. The number of amides is 1. The number of carbonyl (C=O) groups excluding carboxylic acids is 1. The van der Waals surface area contributed by atoms with Crippen molar-refractivity contribution in [1.82, 2.24) is 19.7 Å². The highest BCUT2D eigenvalue weighted by atomic mass is 19.4. The van der Waals surface area contributed by atoms with E-state index >= 15 is 0 Å². The lowest BCUT2D eigenvalue weighted by Gasteiger charge is -2.26. The van der Waals surface area contributed by atoms with Crippen LogP contribution in [0.15, 0.2) is 24.3 Å². The Morgan fingerprint density at radius 1 is 1.24 bits per heavy atom. The van der Waals surface area contributed by atoms with Crippen LogP contribution in [-0.4, -0.2) is 49.6 Å². The van der Waals surface area contributed by atoms with E-state index in [0.717, 1.165) is 10.7 Å². The minimum atomic E-state index is -4.59. The number of hydrogen-bond donors (Lipinski definition) is 1. The van der Waals surface area contributed by atoms with Gasteiger partial charge in [-0.3, -0.25) is 0 Å². The third-order valence-electron chi connectivity index (χ3n) is 3.86. The average Bonchev–Trinajstić information content (AvgIpc) is 3.00. The van der Waals surface area contributed by atoms with Crippen molar-refractivity contribution in [2.45, 2.75) is 52.4 Å². The monoisotopic (exact) mass is 414 g/mol. The summed E-state index contributed by atoms with van der Waals surface area (Å²) in [6.07, 6.45) is -5.12. The maximum absolute atomic E-state index is 13.5. The molecule has 0 aliphatic heterocycles. The van der Waals surface area contributed by atoms with Gasteiger partial charge in [0.2, 0.25) is 0 Å². The fourth-order valence-electron chi connectivity index (χ4n) is 2.59. The van der Waals surface area contributed by atoms with E-state index in [2.05, 4.69) is 10.1 Å². The predicted molar refractivity (Wildman–Crippen MR) is 99.5 cm³/mol. The van der Waals surface area contributed by atoms with Crippen molar-refractivity contribution in [1.29, 1.82) is 0 Å². The van der Waals surface area contributed by atoms with E-state index in [1.165, 1.54) is 23.1 Å². The first-order valence-corrected chi connectivity index (χ1v) is 9.16. The summed E-state index contributed by atoms with van der Waals surface area (Å²) in [5.74, 6) is 0.317. The lowest BCUT2D eigenvalue weighted by Crippen LogP contribution is -2.37. The number of hydrogen-bond acceptors (Lipinski definition) is 5. The molecule has 1 N–H and O–H groups in total. The molecule has 2 aromatic rings. The minimum Gasteiger partial charge on any atom is -0.444 e. The van der Waals surface area contributed by atoms with Crippen LogP contribution in [0.5, 0.6) is 0 Å². The summed E-state index contributed by atoms with van der Waals surface area (Å²) in [5, 5.41) is 13.3. The first-order valence-electron chi connectivity index (χ1n) is 9.16. The van der Waals surface area contributed by atoms with Crippen LogP contribution in [0.2, 0.25) is 0 Å². The van der Waals surface area contributed by atoms with Crippen LogP contribution in [-0.2, 0) is 23.9 Å². The number of aliphatic hydroxyl groups excluding tert-OH is 1. The molecule has 10 heteroatoms. The molecule has 0 bridgehead atoms. The third kappa shape index (κ3) is 5.93. The van der Waals surface area contributed by atoms with Crippen LogP contribution in [0, 0.1) is 0 Å². The molecule has 0 saturated heterocycles. The number of para-hydroxylation sites is 1. The lowest BCUT2D eigenvalue weighted by atomic mass is 10.1. The number of ether oxygens (including phenoxy) is 1. The summed E-state index contributed by atoms with van der Waals surface area (Å²) in [7, 11) is 0. The zero-order valence-corrected chi connectivity index (χ0v) is 16.8. The standard InChI is InChI=1S/C19H25F3N4O3/c1-5-25(17(28)29-18(2,3)4)12-16-23-15(10-11-27)24-26(16)14-9-7-6-8-13(14)19(20,21)22/h6-9,27H,5,10-12H2,1-4H3. The van der Waals surface area contributed by atoms with Gasteiger partial charge in [-0.15, -0.1) is 0 Å². The van der Waals surface area contributed by atoms with Crippen LogP contribution in [0.1, 0.15) is 44.9 Å². The molecule has 1 amide bonds. The van der Waals surface area contributed by atoms with Crippen molar-refractivity contribution in [3.05, 3.63) is 41.5 Å². The first-order chi connectivity index (χ1) is 13.5. The Morgan fingerprint density at radius 2 is 1.90 bits per heavy atom. The molecule has 0 spiro atoms. The quantitative estimate of drug-likeness (QED) is 0.782. The van der Waals surface area contributed by atoms with Crippen molar-refractivity contribution in [2.24, 2.45) is 0 Å². The smallest absolute Gasteiger partial charge is 0.418 e. The highest BCUT2D eigenvalue weighted by molar-refractivity contribution is 5.68. The Hall–Kier alpha value is -2.62. The van der Waals surface area contributed by atoms with Crippen LogP contribution < -0.4 is 0 Å².